The number of benzene rings is 1. The number of nitrogens with one attached hydrogen (secondary N) is 1. The molecule has 1 N–H and O–H groups in total. The van der Waals surface area contributed by atoms with E-state index in [2.05, 4.69) is 15.4 Å². The van der Waals surface area contributed by atoms with Crippen molar-refractivity contribution in [3.63, 3.8) is 0 Å². The summed E-state index contributed by atoms with van der Waals surface area (Å²) in [5.41, 5.74) is -0.719. The Hall–Kier alpha value is -2.88. The molecule has 1 aliphatic heterocycles. The molecule has 1 aliphatic rings. The van der Waals surface area contributed by atoms with Gasteiger partial charge in [0.2, 0.25) is 0 Å². The minimum Gasteiger partial charge on any atom is -0.497 e. The Kier molecular flexibility index (Phi) is 4.94. The summed E-state index contributed by atoms with van der Waals surface area (Å²) in [5.74, 6) is -0.427. The maximum Gasteiger partial charge on any atom is 0.416 e. The first-order valence-electron chi connectivity index (χ1n) is 7.62. The Morgan fingerprint density at radius 1 is 1.35 bits per heavy atom. The number of carbonyl (C=O) groups excluding carboxylic acids is 1. The summed E-state index contributed by atoms with van der Waals surface area (Å²) in [6.45, 7) is 1.23. The molecule has 138 valence electrons. The first kappa shape index (κ1) is 17.9. The van der Waals surface area contributed by atoms with Gasteiger partial charge in [0, 0.05) is 30.9 Å². The molecule has 0 saturated carbocycles. The van der Waals surface area contributed by atoms with Crippen LogP contribution in [0.3, 0.4) is 0 Å². The minimum atomic E-state index is -4.52. The van der Waals surface area contributed by atoms with Crippen LogP contribution in [-0.4, -0.2) is 47.0 Å². The summed E-state index contributed by atoms with van der Waals surface area (Å²) in [5, 5.41) is 7.01. The number of carbonyl (C=O) groups is 1. The number of aromatic nitrogens is 3. The minimum absolute atomic E-state index is 0.0411. The molecule has 0 amide bonds. The van der Waals surface area contributed by atoms with Gasteiger partial charge in [-0.3, -0.25) is 0 Å². The second-order valence-electron chi connectivity index (χ2n) is 5.53. The van der Waals surface area contributed by atoms with E-state index in [0.717, 1.165) is 12.1 Å². The molecule has 3 rings (SSSR count). The fourth-order valence-corrected chi connectivity index (χ4v) is 2.17. The largest absolute Gasteiger partial charge is 0.497 e. The van der Waals surface area contributed by atoms with Crippen LogP contribution in [0.15, 0.2) is 30.6 Å². The van der Waals surface area contributed by atoms with E-state index in [9.17, 15) is 18.0 Å². The second-order valence-corrected chi connectivity index (χ2v) is 5.53. The fourth-order valence-electron chi connectivity index (χ4n) is 2.17. The molecule has 0 spiro atoms. The van der Waals surface area contributed by atoms with Crippen LogP contribution in [0.25, 0.3) is 17.6 Å². The monoisotopic (exact) mass is 368 g/mol. The number of hydrogen-bond donors (Lipinski definition) is 1. The summed E-state index contributed by atoms with van der Waals surface area (Å²) >= 11 is 0. The lowest BCUT2D eigenvalue weighted by molar-refractivity contribution is -0.145. The summed E-state index contributed by atoms with van der Waals surface area (Å²) in [7, 11) is 1.28. The maximum atomic E-state index is 13.0. The Morgan fingerprint density at radius 2 is 2.12 bits per heavy atom. The Bertz CT molecular complexity index is 828. The lowest BCUT2D eigenvalue weighted by Crippen LogP contribution is -2.49. The van der Waals surface area contributed by atoms with Gasteiger partial charge in [-0.25, -0.2) is 14.5 Å². The summed E-state index contributed by atoms with van der Waals surface area (Å²) in [4.78, 5) is 15.6. The van der Waals surface area contributed by atoms with Gasteiger partial charge < -0.3 is 14.8 Å². The average Bonchev–Trinajstić information content (AvgIpc) is 3.04. The lowest BCUT2D eigenvalue weighted by atomic mass is 10.1. The van der Waals surface area contributed by atoms with E-state index in [4.69, 9.17) is 9.47 Å². The van der Waals surface area contributed by atoms with Crippen molar-refractivity contribution in [2.75, 3.05) is 20.2 Å². The van der Waals surface area contributed by atoms with Crippen molar-refractivity contribution in [2.24, 2.45) is 0 Å². The standard InChI is InChI=1S/C16H15F3N4O3/c1-25-12-5-10(4-11(6-12)16(17,18)19)15-21-9-23(22-15)3-2-14(24)26-13-7-20-8-13/h2-6,9,13,20H,7-8H2,1H3. The first-order valence-corrected chi connectivity index (χ1v) is 7.62. The van der Waals surface area contributed by atoms with Crippen LogP contribution in [0.2, 0.25) is 0 Å². The molecule has 10 heteroatoms. The van der Waals surface area contributed by atoms with Crippen LogP contribution in [0.1, 0.15) is 5.56 Å². The molecule has 1 saturated heterocycles. The van der Waals surface area contributed by atoms with Crippen LogP contribution in [-0.2, 0) is 15.7 Å². The van der Waals surface area contributed by atoms with Crippen LogP contribution in [0.5, 0.6) is 5.75 Å². The zero-order valence-electron chi connectivity index (χ0n) is 13.7. The molecule has 1 fully saturated rings. The highest BCUT2D eigenvalue weighted by molar-refractivity contribution is 5.85. The molecule has 2 heterocycles. The maximum absolute atomic E-state index is 13.0. The average molecular weight is 368 g/mol. The van der Waals surface area contributed by atoms with E-state index in [-0.39, 0.29) is 23.2 Å². The molecule has 2 aromatic rings. The predicted octanol–water partition coefficient (Wildman–Crippen LogP) is 1.96. The van der Waals surface area contributed by atoms with E-state index in [0.29, 0.717) is 13.1 Å². The van der Waals surface area contributed by atoms with Crippen LogP contribution < -0.4 is 10.1 Å². The molecule has 0 atom stereocenters. The number of ether oxygens (including phenoxy) is 2. The van der Waals surface area contributed by atoms with Gasteiger partial charge >= 0.3 is 12.1 Å². The third-order valence-corrected chi connectivity index (χ3v) is 3.63. The van der Waals surface area contributed by atoms with Gasteiger partial charge in [0.1, 0.15) is 18.2 Å². The van der Waals surface area contributed by atoms with Gasteiger partial charge in [-0.15, -0.1) is 5.10 Å². The number of methoxy groups -OCH3 is 1. The van der Waals surface area contributed by atoms with Crippen LogP contribution in [0, 0.1) is 0 Å². The quantitative estimate of drug-likeness (QED) is 0.642. The number of nitrogens with zero attached hydrogens (tertiary/aromatic N) is 3. The third-order valence-electron chi connectivity index (χ3n) is 3.63. The number of halogens is 3. The smallest absolute Gasteiger partial charge is 0.416 e. The van der Waals surface area contributed by atoms with Gasteiger partial charge in [0.15, 0.2) is 5.82 Å². The van der Waals surface area contributed by atoms with Gasteiger partial charge in [-0.05, 0) is 18.2 Å². The highest BCUT2D eigenvalue weighted by Crippen LogP contribution is 2.34. The number of esters is 1. The molecular formula is C16H15F3N4O3. The number of alkyl halides is 3. The van der Waals surface area contributed by atoms with Crippen molar-refractivity contribution in [3.05, 3.63) is 36.2 Å². The third kappa shape index (κ3) is 4.20. The van der Waals surface area contributed by atoms with E-state index < -0.39 is 17.7 Å². The van der Waals surface area contributed by atoms with Crippen molar-refractivity contribution in [3.8, 4) is 17.1 Å². The van der Waals surface area contributed by atoms with Gasteiger partial charge in [-0.1, -0.05) is 0 Å². The molecule has 1 aromatic heterocycles. The zero-order chi connectivity index (χ0) is 18.7. The first-order chi connectivity index (χ1) is 12.3. The Balaban J connectivity index is 1.77. The van der Waals surface area contributed by atoms with Crippen molar-refractivity contribution in [1.29, 1.82) is 0 Å². The van der Waals surface area contributed by atoms with E-state index in [1.807, 2.05) is 0 Å². The van der Waals surface area contributed by atoms with Crippen molar-refractivity contribution >= 4 is 12.2 Å². The van der Waals surface area contributed by atoms with E-state index in [1.165, 1.54) is 36.5 Å². The predicted molar refractivity (Wildman–Crippen MR) is 85.1 cm³/mol. The Morgan fingerprint density at radius 3 is 2.73 bits per heavy atom. The Labute approximate surface area is 146 Å². The summed E-state index contributed by atoms with van der Waals surface area (Å²) in [6, 6.07) is 3.23. The molecule has 0 radical (unpaired) electrons. The summed E-state index contributed by atoms with van der Waals surface area (Å²) in [6.07, 6.45) is -0.905. The van der Waals surface area contributed by atoms with Gasteiger partial charge in [0.05, 0.1) is 12.7 Å². The molecular weight excluding hydrogens is 353 g/mol. The van der Waals surface area contributed by atoms with Crippen molar-refractivity contribution < 1.29 is 27.4 Å². The molecule has 7 nitrogen and oxygen atoms in total. The zero-order valence-corrected chi connectivity index (χ0v) is 13.7. The molecule has 1 aromatic carbocycles. The summed E-state index contributed by atoms with van der Waals surface area (Å²) < 4.78 is 50.2. The van der Waals surface area contributed by atoms with E-state index in [1.54, 1.807) is 0 Å². The lowest BCUT2D eigenvalue weighted by Gasteiger charge is -2.25. The van der Waals surface area contributed by atoms with Gasteiger partial charge in [-0.2, -0.15) is 13.2 Å². The highest BCUT2D eigenvalue weighted by Gasteiger charge is 2.31. The molecule has 0 bridgehead atoms. The number of hydrogen-bond acceptors (Lipinski definition) is 6. The van der Waals surface area contributed by atoms with Gasteiger partial charge in [0.25, 0.3) is 0 Å². The second kappa shape index (κ2) is 7.16. The molecule has 0 unspecified atom stereocenters. The SMILES string of the molecule is COc1cc(-c2ncn(C=CC(=O)OC3CNC3)n2)cc(C(F)(F)F)c1. The molecule has 0 aliphatic carbocycles. The molecule has 26 heavy (non-hydrogen) atoms. The number of rotatable bonds is 5. The van der Waals surface area contributed by atoms with Crippen molar-refractivity contribution in [1.82, 2.24) is 20.1 Å². The van der Waals surface area contributed by atoms with Crippen LogP contribution in [0.4, 0.5) is 13.2 Å². The topological polar surface area (TPSA) is 78.3 Å². The van der Waals surface area contributed by atoms with E-state index >= 15 is 0 Å². The normalized spacial score (nSPS) is 15.1. The van der Waals surface area contributed by atoms with Crippen LogP contribution >= 0.6 is 0 Å². The van der Waals surface area contributed by atoms with Crippen molar-refractivity contribution in [2.45, 2.75) is 12.3 Å². The fraction of sp³-hybridized carbons (Fsp3) is 0.312. The highest BCUT2D eigenvalue weighted by atomic mass is 19.4.